The zero-order chi connectivity index (χ0) is 14.9. The van der Waals surface area contributed by atoms with Crippen molar-refractivity contribution in [2.75, 3.05) is 0 Å². The molecule has 0 bridgehead atoms. The average Bonchev–Trinajstić information content (AvgIpc) is 2.78. The van der Waals surface area contributed by atoms with Gasteiger partial charge in [-0.05, 0) is 30.5 Å². The lowest BCUT2D eigenvalue weighted by Gasteiger charge is -2.06. The molecule has 0 unspecified atom stereocenters. The Morgan fingerprint density at radius 2 is 2.15 bits per heavy atom. The monoisotopic (exact) mass is 276 g/mol. The van der Waals surface area contributed by atoms with Crippen LogP contribution in [0, 0.1) is 5.82 Å². The number of benzene rings is 1. The molecular formula is C15H17FN2O2. The third-order valence-electron chi connectivity index (χ3n) is 3.16. The first-order valence-corrected chi connectivity index (χ1v) is 6.56. The Bertz CT molecular complexity index is 647. The molecule has 0 saturated heterocycles. The first-order chi connectivity index (χ1) is 9.45. The lowest BCUT2D eigenvalue weighted by Crippen LogP contribution is -2.06. The van der Waals surface area contributed by atoms with E-state index in [9.17, 15) is 14.3 Å². The smallest absolute Gasteiger partial charge is 0.339 e. The van der Waals surface area contributed by atoms with Crippen LogP contribution in [0.1, 0.15) is 48.4 Å². The Hall–Kier alpha value is -2.17. The van der Waals surface area contributed by atoms with Crippen LogP contribution in [0.3, 0.4) is 0 Å². The van der Waals surface area contributed by atoms with Crippen LogP contribution in [0.2, 0.25) is 0 Å². The molecule has 0 radical (unpaired) electrons. The molecule has 1 aromatic heterocycles. The van der Waals surface area contributed by atoms with Gasteiger partial charge in [0.05, 0.1) is 17.1 Å². The fraction of sp³-hybridized carbons (Fsp3) is 0.333. The number of hydrogen-bond acceptors (Lipinski definition) is 2. The van der Waals surface area contributed by atoms with Crippen molar-refractivity contribution in [3.05, 3.63) is 47.0 Å². The normalized spacial score (nSPS) is 11.1. The maximum Gasteiger partial charge on any atom is 0.339 e. The van der Waals surface area contributed by atoms with E-state index in [0.29, 0.717) is 23.5 Å². The van der Waals surface area contributed by atoms with Crippen LogP contribution in [-0.4, -0.2) is 20.9 Å². The number of hydrogen-bond donors (Lipinski definition) is 1. The molecule has 1 heterocycles. The van der Waals surface area contributed by atoms with E-state index < -0.39 is 5.97 Å². The number of carbonyl (C=O) groups is 1. The average molecular weight is 276 g/mol. The summed E-state index contributed by atoms with van der Waals surface area (Å²) in [5.74, 6) is -1.38. The topological polar surface area (TPSA) is 55.1 Å². The van der Waals surface area contributed by atoms with E-state index in [1.165, 1.54) is 16.8 Å². The summed E-state index contributed by atoms with van der Waals surface area (Å²) in [4.78, 5) is 11.5. The number of halogens is 1. The minimum Gasteiger partial charge on any atom is -0.478 e. The third-order valence-corrected chi connectivity index (χ3v) is 3.16. The fourth-order valence-corrected chi connectivity index (χ4v) is 2.26. The van der Waals surface area contributed by atoms with Gasteiger partial charge in [0.1, 0.15) is 11.4 Å². The number of aromatic carboxylic acids is 1. The van der Waals surface area contributed by atoms with Gasteiger partial charge in [-0.25, -0.2) is 13.9 Å². The van der Waals surface area contributed by atoms with E-state index in [1.54, 1.807) is 12.1 Å². The summed E-state index contributed by atoms with van der Waals surface area (Å²) in [7, 11) is 0. The van der Waals surface area contributed by atoms with Crippen LogP contribution in [-0.2, 0) is 6.42 Å². The number of aromatic nitrogens is 2. The quantitative estimate of drug-likeness (QED) is 0.931. The molecule has 0 fully saturated rings. The molecule has 0 amide bonds. The zero-order valence-electron chi connectivity index (χ0n) is 11.7. The summed E-state index contributed by atoms with van der Waals surface area (Å²) in [5, 5.41) is 13.8. The molecule has 2 rings (SSSR count). The van der Waals surface area contributed by atoms with Crippen molar-refractivity contribution >= 4 is 5.97 Å². The summed E-state index contributed by atoms with van der Waals surface area (Å²) in [6.45, 7) is 5.65. The largest absolute Gasteiger partial charge is 0.478 e. The molecule has 4 nitrogen and oxygen atoms in total. The fourth-order valence-electron chi connectivity index (χ4n) is 2.26. The lowest BCUT2D eigenvalue weighted by atomic mass is 10.0. The molecule has 0 atom stereocenters. The van der Waals surface area contributed by atoms with Gasteiger partial charge in [0.15, 0.2) is 0 Å². The minimum absolute atomic E-state index is 0.0128. The highest BCUT2D eigenvalue weighted by atomic mass is 19.1. The van der Waals surface area contributed by atoms with Crippen LogP contribution < -0.4 is 0 Å². The van der Waals surface area contributed by atoms with E-state index in [-0.39, 0.29) is 17.3 Å². The standard InChI is InChI=1S/C15H17FN2O2/c1-4-12-13(15(19)20)14(9(2)3)17-18(12)11-7-5-6-10(16)8-11/h5-9H,4H2,1-3H3,(H,19,20). The highest BCUT2D eigenvalue weighted by Crippen LogP contribution is 2.25. The van der Waals surface area contributed by atoms with E-state index in [2.05, 4.69) is 5.10 Å². The van der Waals surface area contributed by atoms with Crippen molar-refractivity contribution in [1.29, 1.82) is 0 Å². The van der Waals surface area contributed by atoms with Crippen LogP contribution in [0.25, 0.3) is 5.69 Å². The van der Waals surface area contributed by atoms with Gasteiger partial charge < -0.3 is 5.11 Å². The van der Waals surface area contributed by atoms with E-state index >= 15 is 0 Å². The zero-order valence-corrected chi connectivity index (χ0v) is 11.7. The van der Waals surface area contributed by atoms with Gasteiger partial charge in [-0.15, -0.1) is 0 Å². The van der Waals surface area contributed by atoms with E-state index in [4.69, 9.17) is 0 Å². The van der Waals surface area contributed by atoms with Gasteiger partial charge in [-0.1, -0.05) is 26.8 Å². The van der Waals surface area contributed by atoms with Crippen LogP contribution in [0.5, 0.6) is 0 Å². The van der Waals surface area contributed by atoms with Crippen molar-refractivity contribution in [3.63, 3.8) is 0 Å². The van der Waals surface area contributed by atoms with Gasteiger partial charge in [-0.3, -0.25) is 0 Å². The Morgan fingerprint density at radius 3 is 2.65 bits per heavy atom. The predicted octanol–water partition coefficient (Wildman–Crippen LogP) is 3.40. The summed E-state index contributed by atoms with van der Waals surface area (Å²) in [6.07, 6.45) is 0.512. The molecule has 0 saturated carbocycles. The van der Waals surface area contributed by atoms with Crippen molar-refractivity contribution in [1.82, 2.24) is 9.78 Å². The van der Waals surface area contributed by atoms with Gasteiger partial charge in [0, 0.05) is 0 Å². The highest BCUT2D eigenvalue weighted by Gasteiger charge is 2.24. The second-order valence-corrected chi connectivity index (χ2v) is 4.91. The summed E-state index contributed by atoms with van der Waals surface area (Å²) >= 11 is 0. The number of carboxylic acids is 1. The minimum atomic E-state index is -0.992. The van der Waals surface area contributed by atoms with Crippen LogP contribution in [0.4, 0.5) is 4.39 Å². The number of nitrogens with zero attached hydrogens (tertiary/aromatic N) is 2. The molecule has 5 heteroatoms. The van der Waals surface area contributed by atoms with Crippen LogP contribution in [0.15, 0.2) is 24.3 Å². The SMILES string of the molecule is CCc1c(C(=O)O)c(C(C)C)nn1-c1cccc(F)c1. The van der Waals surface area contributed by atoms with E-state index in [1.807, 2.05) is 20.8 Å². The summed E-state index contributed by atoms with van der Waals surface area (Å²) < 4.78 is 14.9. The van der Waals surface area contributed by atoms with Gasteiger partial charge in [-0.2, -0.15) is 5.10 Å². The Kier molecular flexibility index (Phi) is 3.88. The summed E-state index contributed by atoms with van der Waals surface area (Å²) in [6, 6.07) is 5.99. The Balaban J connectivity index is 2.71. The first-order valence-electron chi connectivity index (χ1n) is 6.56. The second kappa shape index (κ2) is 5.45. The maximum absolute atomic E-state index is 13.4. The van der Waals surface area contributed by atoms with Gasteiger partial charge in [0.25, 0.3) is 0 Å². The first kappa shape index (κ1) is 14.2. The molecule has 0 aliphatic heterocycles. The Labute approximate surface area is 116 Å². The van der Waals surface area contributed by atoms with Gasteiger partial charge in [0.2, 0.25) is 0 Å². The molecular weight excluding hydrogens is 259 g/mol. The summed E-state index contributed by atoms with van der Waals surface area (Å²) in [5.41, 5.74) is 1.88. The predicted molar refractivity (Wildman–Crippen MR) is 73.9 cm³/mol. The molecule has 1 N–H and O–H groups in total. The second-order valence-electron chi connectivity index (χ2n) is 4.91. The van der Waals surface area contributed by atoms with Crippen LogP contribution >= 0.6 is 0 Å². The lowest BCUT2D eigenvalue weighted by molar-refractivity contribution is 0.0694. The molecule has 1 aromatic carbocycles. The molecule has 0 spiro atoms. The Morgan fingerprint density at radius 1 is 1.45 bits per heavy atom. The number of rotatable bonds is 4. The molecule has 2 aromatic rings. The molecule has 0 aliphatic rings. The van der Waals surface area contributed by atoms with Gasteiger partial charge >= 0.3 is 5.97 Å². The molecule has 106 valence electrons. The number of carboxylic acid groups (broad SMARTS) is 1. The molecule has 20 heavy (non-hydrogen) atoms. The molecule has 0 aliphatic carbocycles. The van der Waals surface area contributed by atoms with Crippen molar-refractivity contribution in [2.24, 2.45) is 0 Å². The van der Waals surface area contributed by atoms with Crippen molar-refractivity contribution < 1.29 is 14.3 Å². The maximum atomic E-state index is 13.4. The van der Waals surface area contributed by atoms with E-state index in [0.717, 1.165) is 0 Å². The third kappa shape index (κ3) is 2.43. The van der Waals surface area contributed by atoms with Crippen molar-refractivity contribution in [3.8, 4) is 5.69 Å². The highest BCUT2D eigenvalue weighted by molar-refractivity contribution is 5.90. The van der Waals surface area contributed by atoms with Crippen molar-refractivity contribution in [2.45, 2.75) is 33.1 Å².